The Morgan fingerprint density at radius 3 is 2.22 bits per heavy atom. The van der Waals surface area contributed by atoms with Gasteiger partial charge in [-0.05, 0) is 55.5 Å². The van der Waals surface area contributed by atoms with Crippen LogP contribution >= 0.6 is 0 Å². The normalized spacial score (nSPS) is 12.0. The number of alkyl halides is 3. The van der Waals surface area contributed by atoms with Gasteiger partial charge in [0, 0.05) is 16.9 Å². The number of anilines is 2. The van der Waals surface area contributed by atoms with E-state index in [2.05, 4.69) is 16.0 Å². The van der Waals surface area contributed by atoms with Crippen LogP contribution in [-0.2, 0) is 11.0 Å². The van der Waals surface area contributed by atoms with Crippen molar-refractivity contribution in [2.45, 2.75) is 19.1 Å². The molecule has 3 aromatic rings. The lowest BCUT2D eigenvalue weighted by molar-refractivity contribution is -0.137. The number of nitrogens with one attached hydrogen (secondary N) is 3. The Morgan fingerprint density at radius 2 is 1.56 bits per heavy atom. The van der Waals surface area contributed by atoms with E-state index in [0.717, 1.165) is 12.1 Å². The molecule has 0 saturated heterocycles. The summed E-state index contributed by atoms with van der Waals surface area (Å²) in [5, 5.41) is 7.44. The molecular weight excluding hydrogens is 427 g/mol. The second-order valence-electron chi connectivity index (χ2n) is 6.78. The highest BCUT2D eigenvalue weighted by Crippen LogP contribution is 2.30. The summed E-state index contributed by atoms with van der Waals surface area (Å²) in [5.74, 6) is -1.70. The Labute approximate surface area is 180 Å². The summed E-state index contributed by atoms with van der Waals surface area (Å²) >= 11 is 0. The summed E-state index contributed by atoms with van der Waals surface area (Å²) in [6, 6.07) is 12.2. The third kappa shape index (κ3) is 5.75. The van der Waals surface area contributed by atoms with Crippen LogP contribution in [0.2, 0.25) is 0 Å². The predicted molar refractivity (Wildman–Crippen MR) is 110 cm³/mol. The number of carbonyl (C=O) groups excluding carboxylic acids is 3. The minimum atomic E-state index is -4.53. The second kappa shape index (κ2) is 9.38. The van der Waals surface area contributed by atoms with Crippen molar-refractivity contribution in [2.24, 2.45) is 0 Å². The van der Waals surface area contributed by atoms with E-state index in [0.29, 0.717) is 0 Å². The lowest BCUT2D eigenvalue weighted by atomic mass is 10.1. The number of benzene rings is 2. The van der Waals surface area contributed by atoms with Gasteiger partial charge in [0.1, 0.15) is 6.04 Å². The van der Waals surface area contributed by atoms with Gasteiger partial charge in [-0.3, -0.25) is 14.4 Å². The molecule has 32 heavy (non-hydrogen) atoms. The fourth-order valence-corrected chi connectivity index (χ4v) is 2.71. The molecule has 1 atom stereocenters. The van der Waals surface area contributed by atoms with Crippen molar-refractivity contribution in [2.75, 3.05) is 10.6 Å². The molecular formula is C22H18F3N3O4. The van der Waals surface area contributed by atoms with Crippen LogP contribution < -0.4 is 16.0 Å². The maximum absolute atomic E-state index is 12.8. The van der Waals surface area contributed by atoms with Crippen LogP contribution in [0.25, 0.3) is 0 Å². The molecule has 166 valence electrons. The minimum absolute atomic E-state index is 0.0199. The molecule has 0 saturated carbocycles. The molecule has 10 heteroatoms. The first kappa shape index (κ1) is 22.6. The number of amides is 3. The van der Waals surface area contributed by atoms with Crippen molar-refractivity contribution in [1.82, 2.24) is 5.32 Å². The van der Waals surface area contributed by atoms with Gasteiger partial charge < -0.3 is 20.4 Å². The molecule has 0 radical (unpaired) electrons. The summed E-state index contributed by atoms with van der Waals surface area (Å²) in [6.07, 6.45) is -3.20. The quantitative estimate of drug-likeness (QED) is 0.527. The van der Waals surface area contributed by atoms with Crippen LogP contribution in [0.15, 0.2) is 71.3 Å². The average Bonchev–Trinajstić information content (AvgIpc) is 3.28. The molecule has 1 aromatic heterocycles. The third-order valence-corrected chi connectivity index (χ3v) is 4.33. The predicted octanol–water partition coefficient (Wildman–Crippen LogP) is 4.31. The lowest BCUT2D eigenvalue weighted by Gasteiger charge is -2.14. The van der Waals surface area contributed by atoms with Crippen molar-refractivity contribution in [3.63, 3.8) is 0 Å². The Hall–Kier alpha value is -4.08. The molecule has 1 unspecified atom stereocenters. The zero-order valence-electron chi connectivity index (χ0n) is 16.7. The first-order valence-corrected chi connectivity index (χ1v) is 9.37. The van der Waals surface area contributed by atoms with Crippen molar-refractivity contribution in [1.29, 1.82) is 0 Å². The Kier molecular flexibility index (Phi) is 6.62. The summed E-state index contributed by atoms with van der Waals surface area (Å²) < 4.78 is 43.5. The van der Waals surface area contributed by atoms with Gasteiger partial charge in [0.05, 0.1) is 11.8 Å². The van der Waals surface area contributed by atoms with Crippen LogP contribution in [0, 0.1) is 0 Å². The van der Waals surface area contributed by atoms with E-state index in [4.69, 9.17) is 4.42 Å². The highest BCUT2D eigenvalue weighted by atomic mass is 19.4. The van der Waals surface area contributed by atoms with Crippen molar-refractivity contribution >= 4 is 29.1 Å². The van der Waals surface area contributed by atoms with E-state index in [1.165, 1.54) is 61.7 Å². The maximum atomic E-state index is 12.8. The fourth-order valence-electron chi connectivity index (χ4n) is 2.71. The van der Waals surface area contributed by atoms with E-state index in [1.807, 2.05) is 0 Å². The van der Waals surface area contributed by atoms with Gasteiger partial charge in [-0.1, -0.05) is 12.1 Å². The van der Waals surface area contributed by atoms with Crippen LogP contribution in [0.4, 0.5) is 24.5 Å². The fraction of sp³-hybridized carbons (Fsp3) is 0.136. The number of halogens is 3. The average molecular weight is 445 g/mol. The van der Waals surface area contributed by atoms with Crippen LogP contribution in [0.3, 0.4) is 0 Å². The zero-order valence-corrected chi connectivity index (χ0v) is 16.7. The number of hydrogen-bond acceptors (Lipinski definition) is 4. The highest BCUT2D eigenvalue weighted by molar-refractivity contribution is 6.06. The molecule has 0 aliphatic heterocycles. The van der Waals surface area contributed by atoms with E-state index in [-0.39, 0.29) is 22.7 Å². The summed E-state index contributed by atoms with van der Waals surface area (Å²) in [4.78, 5) is 36.8. The molecule has 7 nitrogen and oxygen atoms in total. The third-order valence-electron chi connectivity index (χ3n) is 4.33. The van der Waals surface area contributed by atoms with Gasteiger partial charge in [-0.2, -0.15) is 13.2 Å². The molecule has 1 heterocycles. The Balaban J connectivity index is 1.64. The number of furan rings is 1. The molecule has 0 aliphatic carbocycles. The maximum Gasteiger partial charge on any atom is 0.416 e. The molecule has 0 fully saturated rings. The standard InChI is InChI=1S/C22H18F3N3O4/c1-13(26-21(31)18-9-4-10-32-18)19(29)27-16-7-2-5-14(11-16)20(30)28-17-8-3-6-15(12-17)22(23,24)25/h2-13H,1H3,(H,26,31)(H,27,29)(H,28,30). The molecule has 2 aromatic carbocycles. The number of rotatable bonds is 6. The number of hydrogen-bond donors (Lipinski definition) is 3. The smallest absolute Gasteiger partial charge is 0.416 e. The summed E-state index contributed by atoms with van der Waals surface area (Å²) in [7, 11) is 0. The number of carbonyl (C=O) groups is 3. The van der Waals surface area contributed by atoms with E-state index in [1.54, 1.807) is 0 Å². The van der Waals surface area contributed by atoms with E-state index < -0.39 is 35.5 Å². The highest BCUT2D eigenvalue weighted by Gasteiger charge is 2.30. The van der Waals surface area contributed by atoms with E-state index >= 15 is 0 Å². The Morgan fingerprint density at radius 1 is 0.875 bits per heavy atom. The summed E-state index contributed by atoms with van der Waals surface area (Å²) in [5.41, 5.74) is -0.520. The van der Waals surface area contributed by atoms with Crippen LogP contribution in [0.5, 0.6) is 0 Å². The van der Waals surface area contributed by atoms with Gasteiger partial charge in [0.15, 0.2) is 5.76 Å². The van der Waals surface area contributed by atoms with Gasteiger partial charge in [0.2, 0.25) is 5.91 Å². The first-order chi connectivity index (χ1) is 15.1. The van der Waals surface area contributed by atoms with Crippen molar-refractivity contribution in [3.8, 4) is 0 Å². The molecule has 0 spiro atoms. The van der Waals surface area contributed by atoms with E-state index in [9.17, 15) is 27.6 Å². The van der Waals surface area contributed by atoms with Gasteiger partial charge in [-0.25, -0.2) is 0 Å². The Bertz CT molecular complexity index is 1130. The zero-order chi connectivity index (χ0) is 23.3. The summed E-state index contributed by atoms with van der Waals surface area (Å²) in [6.45, 7) is 1.47. The van der Waals surface area contributed by atoms with Crippen molar-refractivity contribution in [3.05, 3.63) is 83.8 Å². The lowest BCUT2D eigenvalue weighted by Crippen LogP contribution is -2.41. The molecule has 0 bridgehead atoms. The van der Waals surface area contributed by atoms with Gasteiger partial charge in [-0.15, -0.1) is 0 Å². The monoisotopic (exact) mass is 445 g/mol. The van der Waals surface area contributed by atoms with Crippen molar-refractivity contribution < 1.29 is 32.0 Å². The molecule has 3 amide bonds. The molecule has 3 rings (SSSR count). The topological polar surface area (TPSA) is 100 Å². The van der Waals surface area contributed by atoms with Crippen LogP contribution in [0.1, 0.15) is 33.4 Å². The van der Waals surface area contributed by atoms with Gasteiger partial charge >= 0.3 is 6.18 Å². The largest absolute Gasteiger partial charge is 0.459 e. The minimum Gasteiger partial charge on any atom is -0.459 e. The second-order valence-corrected chi connectivity index (χ2v) is 6.78. The molecule has 0 aliphatic rings. The van der Waals surface area contributed by atoms with Gasteiger partial charge in [0.25, 0.3) is 11.8 Å². The first-order valence-electron chi connectivity index (χ1n) is 9.37. The van der Waals surface area contributed by atoms with Crippen LogP contribution in [-0.4, -0.2) is 23.8 Å². The SMILES string of the molecule is CC(NC(=O)c1ccco1)C(=O)Nc1cccc(C(=O)Nc2cccc(C(F)(F)F)c2)c1. The molecule has 3 N–H and O–H groups in total.